The summed E-state index contributed by atoms with van der Waals surface area (Å²) in [4.78, 5) is 27.8. The molecule has 1 amide bonds. The van der Waals surface area contributed by atoms with Crippen molar-refractivity contribution in [2.75, 3.05) is 6.54 Å². The van der Waals surface area contributed by atoms with Crippen LogP contribution in [-0.2, 0) is 21.4 Å². The first-order valence-corrected chi connectivity index (χ1v) is 11.8. The minimum absolute atomic E-state index is 0.0416. The highest BCUT2D eigenvalue weighted by Gasteiger charge is 2.45. The molecule has 0 aliphatic carbocycles. The third-order valence-electron chi connectivity index (χ3n) is 6.30. The standard InChI is InChI=1S/C29H27ClFNO3/c1-29(2,3)21-10-6-19(7-11-21)25-24(26(33)20-8-12-22(30)13-9-20)27(34)28(35)32(25)17-16-18-4-14-23(31)15-5-18/h4-15,25,33H,16-17H2,1-3H3/b26-24-. The van der Waals surface area contributed by atoms with Crippen molar-refractivity contribution in [3.05, 3.63) is 111 Å². The maximum Gasteiger partial charge on any atom is 0.295 e. The average Bonchev–Trinajstić information content (AvgIpc) is 3.08. The minimum atomic E-state index is -0.750. The first-order valence-electron chi connectivity index (χ1n) is 11.5. The van der Waals surface area contributed by atoms with Crippen LogP contribution in [0, 0.1) is 5.82 Å². The Morgan fingerprint density at radius 1 is 0.943 bits per heavy atom. The lowest BCUT2D eigenvalue weighted by Crippen LogP contribution is -2.31. The van der Waals surface area contributed by atoms with Gasteiger partial charge >= 0.3 is 0 Å². The Bertz CT molecular complexity index is 1270. The van der Waals surface area contributed by atoms with Gasteiger partial charge in [-0.05, 0) is 64.9 Å². The number of hydrogen-bond donors (Lipinski definition) is 1. The number of nitrogens with zero attached hydrogens (tertiary/aromatic N) is 1. The number of likely N-dealkylation sites (tertiary alicyclic amines) is 1. The number of aliphatic hydroxyl groups is 1. The number of aliphatic hydroxyl groups excluding tert-OH is 1. The van der Waals surface area contributed by atoms with Crippen molar-refractivity contribution in [3.63, 3.8) is 0 Å². The summed E-state index contributed by atoms with van der Waals surface area (Å²) < 4.78 is 13.3. The van der Waals surface area contributed by atoms with Crippen LogP contribution in [0.15, 0.2) is 78.4 Å². The van der Waals surface area contributed by atoms with Crippen molar-refractivity contribution in [2.45, 2.75) is 38.6 Å². The summed E-state index contributed by atoms with van der Waals surface area (Å²) in [5.74, 6) is -1.99. The van der Waals surface area contributed by atoms with E-state index in [-0.39, 0.29) is 29.1 Å². The summed E-state index contributed by atoms with van der Waals surface area (Å²) in [5, 5.41) is 11.6. The molecular formula is C29H27ClFNO3. The molecule has 1 fully saturated rings. The van der Waals surface area contributed by atoms with E-state index >= 15 is 0 Å². The van der Waals surface area contributed by atoms with Gasteiger partial charge < -0.3 is 10.0 Å². The predicted octanol–water partition coefficient (Wildman–Crippen LogP) is 6.44. The van der Waals surface area contributed by atoms with Gasteiger partial charge in [0.15, 0.2) is 0 Å². The van der Waals surface area contributed by atoms with Crippen LogP contribution in [0.2, 0.25) is 5.02 Å². The summed E-state index contributed by atoms with van der Waals surface area (Å²) in [7, 11) is 0. The molecule has 1 N–H and O–H groups in total. The minimum Gasteiger partial charge on any atom is -0.507 e. The molecule has 4 nitrogen and oxygen atoms in total. The number of ketones is 1. The first-order chi connectivity index (χ1) is 16.6. The molecule has 0 bridgehead atoms. The van der Waals surface area contributed by atoms with Crippen molar-refractivity contribution in [1.29, 1.82) is 0 Å². The van der Waals surface area contributed by atoms with Crippen molar-refractivity contribution in [2.24, 2.45) is 0 Å². The summed E-state index contributed by atoms with van der Waals surface area (Å²) >= 11 is 5.99. The van der Waals surface area contributed by atoms with Gasteiger partial charge in [-0.1, -0.05) is 68.8 Å². The molecule has 35 heavy (non-hydrogen) atoms. The molecule has 1 saturated heterocycles. The van der Waals surface area contributed by atoms with Gasteiger partial charge in [0.25, 0.3) is 11.7 Å². The predicted molar refractivity (Wildman–Crippen MR) is 136 cm³/mol. The second kappa shape index (κ2) is 9.67. The molecular weight excluding hydrogens is 465 g/mol. The van der Waals surface area contributed by atoms with E-state index in [0.29, 0.717) is 17.0 Å². The number of Topliss-reactive ketones (excluding diaryl/α,β-unsaturated/α-hetero) is 1. The van der Waals surface area contributed by atoms with E-state index in [9.17, 15) is 19.1 Å². The number of halogens is 2. The highest BCUT2D eigenvalue weighted by molar-refractivity contribution is 6.46. The third-order valence-corrected chi connectivity index (χ3v) is 6.56. The third kappa shape index (κ3) is 5.15. The molecule has 3 aromatic rings. The molecule has 1 aliphatic heterocycles. The van der Waals surface area contributed by atoms with Crippen molar-refractivity contribution in [1.82, 2.24) is 4.90 Å². The van der Waals surface area contributed by atoms with Crippen LogP contribution in [0.5, 0.6) is 0 Å². The monoisotopic (exact) mass is 491 g/mol. The molecule has 0 aromatic heterocycles. The summed E-state index contributed by atoms with van der Waals surface area (Å²) in [6.07, 6.45) is 0.435. The number of carbonyl (C=O) groups is 2. The lowest BCUT2D eigenvalue weighted by atomic mass is 9.85. The zero-order chi connectivity index (χ0) is 25.3. The van der Waals surface area contributed by atoms with Gasteiger partial charge in [-0.2, -0.15) is 0 Å². The smallest absolute Gasteiger partial charge is 0.295 e. The molecule has 1 unspecified atom stereocenters. The van der Waals surface area contributed by atoms with Crippen LogP contribution >= 0.6 is 11.6 Å². The molecule has 0 radical (unpaired) electrons. The molecule has 4 rings (SSSR count). The van der Waals surface area contributed by atoms with E-state index in [4.69, 9.17) is 11.6 Å². The van der Waals surface area contributed by atoms with E-state index in [0.717, 1.165) is 16.7 Å². The van der Waals surface area contributed by atoms with E-state index in [1.165, 1.54) is 17.0 Å². The van der Waals surface area contributed by atoms with E-state index in [2.05, 4.69) is 20.8 Å². The van der Waals surface area contributed by atoms with E-state index in [1.807, 2.05) is 24.3 Å². The van der Waals surface area contributed by atoms with Gasteiger partial charge in [-0.3, -0.25) is 9.59 Å². The van der Waals surface area contributed by atoms with Gasteiger partial charge in [-0.25, -0.2) is 4.39 Å². The van der Waals surface area contributed by atoms with Crippen LogP contribution in [0.4, 0.5) is 4.39 Å². The Hall–Kier alpha value is -3.44. The second-order valence-electron chi connectivity index (χ2n) is 9.75. The van der Waals surface area contributed by atoms with Gasteiger partial charge in [0.1, 0.15) is 11.6 Å². The van der Waals surface area contributed by atoms with Crippen LogP contribution in [-0.4, -0.2) is 28.2 Å². The molecule has 1 aliphatic rings. The summed E-state index contributed by atoms with van der Waals surface area (Å²) in [6.45, 7) is 6.56. The lowest BCUT2D eigenvalue weighted by Gasteiger charge is -2.26. The number of amides is 1. The number of rotatable bonds is 5. The van der Waals surface area contributed by atoms with Gasteiger partial charge in [0.2, 0.25) is 0 Å². The molecule has 3 aromatic carbocycles. The lowest BCUT2D eigenvalue weighted by molar-refractivity contribution is -0.139. The largest absolute Gasteiger partial charge is 0.507 e. The highest BCUT2D eigenvalue weighted by Crippen LogP contribution is 2.40. The van der Waals surface area contributed by atoms with Crippen LogP contribution in [0.25, 0.3) is 5.76 Å². The Labute approximate surface area is 209 Å². The number of carbonyl (C=O) groups excluding carboxylic acids is 2. The van der Waals surface area contributed by atoms with Crippen molar-refractivity contribution >= 4 is 29.1 Å². The van der Waals surface area contributed by atoms with Gasteiger partial charge in [0, 0.05) is 17.1 Å². The molecule has 0 saturated carbocycles. The van der Waals surface area contributed by atoms with Crippen LogP contribution in [0.1, 0.15) is 49.1 Å². The fraction of sp³-hybridized carbons (Fsp3) is 0.241. The maximum atomic E-state index is 13.3. The zero-order valence-electron chi connectivity index (χ0n) is 19.9. The maximum absolute atomic E-state index is 13.3. The van der Waals surface area contributed by atoms with Gasteiger partial charge in [-0.15, -0.1) is 0 Å². The Balaban J connectivity index is 1.77. The zero-order valence-corrected chi connectivity index (χ0v) is 20.6. The fourth-order valence-electron chi connectivity index (χ4n) is 4.29. The fourth-order valence-corrected chi connectivity index (χ4v) is 4.41. The Morgan fingerprint density at radius 2 is 1.54 bits per heavy atom. The molecule has 180 valence electrons. The van der Waals surface area contributed by atoms with Crippen LogP contribution in [0.3, 0.4) is 0 Å². The van der Waals surface area contributed by atoms with E-state index < -0.39 is 17.7 Å². The summed E-state index contributed by atoms with van der Waals surface area (Å²) in [5.41, 5.74) is 3.07. The van der Waals surface area contributed by atoms with Crippen molar-refractivity contribution < 1.29 is 19.1 Å². The first kappa shape index (κ1) is 24.7. The molecule has 0 spiro atoms. The van der Waals surface area contributed by atoms with Crippen molar-refractivity contribution in [3.8, 4) is 0 Å². The molecule has 6 heteroatoms. The highest BCUT2D eigenvalue weighted by atomic mass is 35.5. The van der Waals surface area contributed by atoms with Gasteiger partial charge in [0.05, 0.1) is 11.6 Å². The topological polar surface area (TPSA) is 57.6 Å². The Morgan fingerprint density at radius 3 is 2.11 bits per heavy atom. The number of hydrogen-bond acceptors (Lipinski definition) is 3. The Kier molecular flexibility index (Phi) is 6.82. The van der Waals surface area contributed by atoms with E-state index in [1.54, 1.807) is 36.4 Å². The second-order valence-corrected chi connectivity index (χ2v) is 10.2. The molecule has 1 heterocycles. The quantitative estimate of drug-likeness (QED) is 0.254. The molecule has 1 atom stereocenters. The summed E-state index contributed by atoms with van der Waals surface area (Å²) in [6, 6.07) is 19.5. The van der Waals surface area contributed by atoms with Crippen LogP contribution < -0.4 is 0 Å². The average molecular weight is 492 g/mol. The number of benzene rings is 3. The normalized spacial score (nSPS) is 17.7. The SMILES string of the molecule is CC(C)(C)c1ccc(C2/C(=C(/O)c3ccc(Cl)cc3)C(=O)C(=O)N2CCc2ccc(F)cc2)cc1.